The van der Waals surface area contributed by atoms with Crippen molar-refractivity contribution in [1.82, 2.24) is 14.0 Å². The van der Waals surface area contributed by atoms with Crippen LogP contribution in [0, 0.1) is 5.82 Å². The highest BCUT2D eigenvalue weighted by Gasteiger charge is 2.41. The molecule has 11 heteroatoms. The molecule has 3 aromatic rings. The number of benzene rings is 1. The molecule has 0 spiro atoms. The Morgan fingerprint density at radius 1 is 1.32 bits per heavy atom. The van der Waals surface area contributed by atoms with Gasteiger partial charge in [0.05, 0.1) is 16.8 Å². The van der Waals surface area contributed by atoms with Gasteiger partial charge >= 0.3 is 0 Å². The lowest BCUT2D eigenvalue weighted by Gasteiger charge is -2.35. The van der Waals surface area contributed by atoms with Crippen molar-refractivity contribution in [2.75, 3.05) is 12.4 Å². The summed E-state index contributed by atoms with van der Waals surface area (Å²) in [6, 6.07) is 9.69. The summed E-state index contributed by atoms with van der Waals surface area (Å²) in [5.41, 5.74) is 1.94. The molecule has 1 aromatic carbocycles. The first-order chi connectivity index (χ1) is 14.7. The quantitative estimate of drug-likeness (QED) is 0.593. The van der Waals surface area contributed by atoms with Gasteiger partial charge in [0.15, 0.2) is 0 Å². The second-order valence-electron chi connectivity index (χ2n) is 7.01. The summed E-state index contributed by atoms with van der Waals surface area (Å²) in [5.74, 6) is -1.13. The second kappa shape index (κ2) is 8.64. The number of pyridine rings is 1. The van der Waals surface area contributed by atoms with Gasteiger partial charge in [0.1, 0.15) is 11.9 Å². The summed E-state index contributed by atoms with van der Waals surface area (Å²) in [4.78, 5) is 18.0. The lowest BCUT2D eigenvalue weighted by molar-refractivity contribution is -0.120. The van der Waals surface area contributed by atoms with Crippen LogP contribution in [0.5, 0.6) is 0 Å². The maximum absolute atomic E-state index is 13.4. The number of carbonyl (C=O) groups is 1. The number of hydrogen-bond donors (Lipinski definition) is 2. The maximum Gasteiger partial charge on any atom is 0.280 e. The summed E-state index contributed by atoms with van der Waals surface area (Å²) in [7, 11) is -2.55. The molecule has 1 aliphatic rings. The lowest BCUT2D eigenvalue weighted by Crippen LogP contribution is -2.55. The molecule has 2 atom stereocenters. The fourth-order valence-corrected chi connectivity index (χ4v) is 5.79. The minimum absolute atomic E-state index is 0.136. The minimum atomic E-state index is -3.89. The Bertz CT molecular complexity index is 1220. The molecule has 31 heavy (non-hydrogen) atoms. The number of nitrogens with zero attached hydrogens (tertiary/aromatic N) is 2. The van der Waals surface area contributed by atoms with Gasteiger partial charge in [-0.2, -0.15) is 17.4 Å². The standard InChI is InChI=1S/C20H18ClFN4O3S2/c1-26-18(20(27)24-13-5-6-15(22)14(21)9-13)10-17(25-31(26,28)29)19-8-12(11-30-19)16-4-2-3-7-23-16/h2-9,11,17-18,25H,10H2,1H3,(H,24,27)/t17-,18+/m1/s1. The van der Waals surface area contributed by atoms with Crippen molar-refractivity contribution in [1.29, 1.82) is 0 Å². The fraction of sp³-hybridized carbons (Fsp3) is 0.200. The number of hydrogen-bond acceptors (Lipinski definition) is 5. The molecule has 0 bridgehead atoms. The van der Waals surface area contributed by atoms with E-state index in [9.17, 15) is 17.6 Å². The Morgan fingerprint density at radius 3 is 2.84 bits per heavy atom. The molecule has 1 amide bonds. The molecule has 7 nitrogen and oxygen atoms in total. The number of halogens is 2. The molecule has 1 saturated heterocycles. The number of thiophene rings is 1. The van der Waals surface area contributed by atoms with E-state index in [4.69, 9.17) is 11.6 Å². The Morgan fingerprint density at radius 2 is 2.13 bits per heavy atom. The van der Waals surface area contributed by atoms with E-state index in [1.807, 2.05) is 29.6 Å². The van der Waals surface area contributed by atoms with E-state index in [2.05, 4.69) is 15.0 Å². The number of nitrogens with one attached hydrogen (secondary N) is 2. The van der Waals surface area contributed by atoms with Crippen LogP contribution in [-0.2, 0) is 15.0 Å². The molecule has 1 aliphatic heterocycles. The van der Waals surface area contributed by atoms with Crippen molar-refractivity contribution in [3.63, 3.8) is 0 Å². The largest absolute Gasteiger partial charge is 0.325 e. The van der Waals surface area contributed by atoms with E-state index in [0.717, 1.165) is 26.5 Å². The zero-order valence-electron chi connectivity index (χ0n) is 16.2. The van der Waals surface area contributed by atoms with Crippen LogP contribution in [-0.4, -0.2) is 36.7 Å². The molecule has 2 N–H and O–H groups in total. The first-order valence-corrected chi connectivity index (χ1v) is 12.0. The van der Waals surface area contributed by atoms with Crippen LogP contribution in [0.25, 0.3) is 11.3 Å². The number of aromatic nitrogens is 1. The van der Waals surface area contributed by atoms with Gasteiger partial charge in [-0.05, 0) is 42.8 Å². The first kappa shape index (κ1) is 21.8. The van der Waals surface area contributed by atoms with Gasteiger partial charge in [-0.15, -0.1) is 11.3 Å². The molecule has 2 aromatic heterocycles. The minimum Gasteiger partial charge on any atom is -0.325 e. The van der Waals surface area contributed by atoms with Gasteiger partial charge in [0.2, 0.25) is 5.91 Å². The third kappa shape index (κ3) is 4.63. The predicted octanol–water partition coefficient (Wildman–Crippen LogP) is 3.82. The molecule has 0 aliphatic carbocycles. The number of rotatable bonds is 4. The van der Waals surface area contributed by atoms with Crippen molar-refractivity contribution in [3.8, 4) is 11.3 Å². The topological polar surface area (TPSA) is 91.4 Å². The Balaban J connectivity index is 1.57. The SMILES string of the molecule is CN1[C@H](C(=O)Nc2ccc(F)c(Cl)c2)C[C@H](c2cc(-c3ccccn3)cs2)NS1(=O)=O. The predicted molar refractivity (Wildman–Crippen MR) is 119 cm³/mol. The second-order valence-corrected chi connectivity index (χ2v) is 10.1. The molecule has 162 valence electrons. The zero-order chi connectivity index (χ0) is 22.2. The molecular weight excluding hydrogens is 463 g/mol. The average Bonchev–Trinajstić information content (AvgIpc) is 3.23. The molecule has 3 heterocycles. The summed E-state index contributed by atoms with van der Waals surface area (Å²) in [6.07, 6.45) is 1.91. The van der Waals surface area contributed by atoms with Gasteiger partial charge < -0.3 is 5.32 Å². The van der Waals surface area contributed by atoms with Gasteiger partial charge in [-0.3, -0.25) is 9.78 Å². The van der Waals surface area contributed by atoms with Crippen molar-refractivity contribution < 1.29 is 17.6 Å². The monoisotopic (exact) mass is 480 g/mol. The third-order valence-electron chi connectivity index (χ3n) is 4.98. The summed E-state index contributed by atoms with van der Waals surface area (Å²) < 4.78 is 42.3. The zero-order valence-corrected chi connectivity index (χ0v) is 18.6. The fourth-order valence-electron chi connectivity index (χ4n) is 3.30. The Labute approximate surface area is 188 Å². The van der Waals surface area contributed by atoms with E-state index >= 15 is 0 Å². The van der Waals surface area contributed by atoms with Gasteiger partial charge in [-0.25, -0.2) is 4.39 Å². The molecule has 0 radical (unpaired) electrons. The van der Waals surface area contributed by atoms with Crippen LogP contribution in [0.2, 0.25) is 5.02 Å². The van der Waals surface area contributed by atoms with Crippen LogP contribution in [0.3, 0.4) is 0 Å². The highest BCUT2D eigenvalue weighted by molar-refractivity contribution is 7.87. The van der Waals surface area contributed by atoms with Crippen LogP contribution in [0.4, 0.5) is 10.1 Å². The first-order valence-electron chi connectivity index (χ1n) is 9.25. The third-order valence-corrected chi connectivity index (χ3v) is 7.91. The highest BCUT2D eigenvalue weighted by Crippen LogP contribution is 2.34. The number of likely N-dealkylation sites (N-methyl/N-ethyl adjacent to an activating group) is 1. The van der Waals surface area contributed by atoms with E-state index < -0.39 is 34.0 Å². The van der Waals surface area contributed by atoms with Crippen LogP contribution in [0.1, 0.15) is 17.3 Å². The van der Waals surface area contributed by atoms with Crippen molar-refractivity contribution in [2.24, 2.45) is 0 Å². The summed E-state index contributed by atoms with van der Waals surface area (Å²) >= 11 is 7.16. The van der Waals surface area contributed by atoms with E-state index in [-0.39, 0.29) is 17.1 Å². The van der Waals surface area contributed by atoms with E-state index in [1.165, 1.54) is 30.5 Å². The van der Waals surface area contributed by atoms with Gasteiger partial charge in [0.25, 0.3) is 10.2 Å². The number of amides is 1. The van der Waals surface area contributed by atoms with E-state index in [0.29, 0.717) is 0 Å². The number of anilines is 1. The highest BCUT2D eigenvalue weighted by atomic mass is 35.5. The lowest BCUT2D eigenvalue weighted by atomic mass is 10.0. The molecular formula is C20H18ClFN4O3S2. The molecule has 4 rings (SSSR count). The summed E-state index contributed by atoms with van der Waals surface area (Å²) in [6.45, 7) is 0. The molecule has 0 unspecified atom stereocenters. The Kier molecular flexibility index (Phi) is 6.09. The molecule has 0 saturated carbocycles. The maximum atomic E-state index is 13.4. The van der Waals surface area contributed by atoms with Crippen LogP contribution < -0.4 is 10.0 Å². The Hall–Kier alpha value is -2.37. The average molecular weight is 481 g/mol. The normalized spacial score (nSPS) is 21.0. The van der Waals surface area contributed by atoms with Crippen molar-refractivity contribution in [3.05, 3.63) is 69.8 Å². The molecule has 1 fully saturated rings. The van der Waals surface area contributed by atoms with Crippen molar-refractivity contribution >= 4 is 44.7 Å². The smallest absolute Gasteiger partial charge is 0.280 e. The van der Waals surface area contributed by atoms with Gasteiger partial charge in [0, 0.05) is 34.8 Å². The van der Waals surface area contributed by atoms with Crippen LogP contribution >= 0.6 is 22.9 Å². The van der Waals surface area contributed by atoms with Crippen LogP contribution in [0.15, 0.2) is 54.0 Å². The van der Waals surface area contributed by atoms with Crippen molar-refractivity contribution in [2.45, 2.75) is 18.5 Å². The summed E-state index contributed by atoms with van der Waals surface area (Å²) in [5, 5.41) is 4.39. The van der Waals surface area contributed by atoms with E-state index in [1.54, 1.807) is 6.20 Å². The van der Waals surface area contributed by atoms with Gasteiger partial charge in [-0.1, -0.05) is 17.7 Å². The number of carbonyl (C=O) groups excluding carboxylic acids is 1.